The van der Waals surface area contributed by atoms with Crippen LogP contribution in [0.25, 0.3) is 0 Å². The van der Waals surface area contributed by atoms with E-state index in [1.165, 1.54) is 5.56 Å². The Kier molecular flexibility index (Phi) is 5.24. The fraction of sp³-hybridized carbons (Fsp3) is 0.421. The maximum absolute atomic E-state index is 12.0. The molecule has 0 saturated carbocycles. The van der Waals surface area contributed by atoms with Crippen LogP contribution < -0.4 is 10.2 Å². The molecule has 1 aromatic carbocycles. The van der Waals surface area contributed by atoms with Crippen molar-refractivity contribution in [2.24, 2.45) is 0 Å². The highest BCUT2D eigenvalue weighted by molar-refractivity contribution is 7.98. The topological polar surface area (TPSA) is 61.4 Å². The SMILES string of the molecule is O=C1NCCN1C1CCCN(c2cncc(SCc3ccccc3)n2)C1. The van der Waals surface area contributed by atoms with Gasteiger partial charge in [-0.2, -0.15) is 0 Å². The van der Waals surface area contributed by atoms with Gasteiger partial charge in [-0.05, 0) is 18.4 Å². The summed E-state index contributed by atoms with van der Waals surface area (Å²) in [6.07, 6.45) is 5.78. The summed E-state index contributed by atoms with van der Waals surface area (Å²) in [6, 6.07) is 10.7. The van der Waals surface area contributed by atoms with Crippen molar-refractivity contribution in [2.75, 3.05) is 31.1 Å². The minimum Gasteiger partial charge on any atom is -0.353 e. The molecule has 2 aliphatic rings. The zero-order chi connectivity index (χ0) is 17.8. The molecule has 0 spiro atoms. The van der Waals surface area contributed by atoms with Gasteiger partial charge in [0.25, 0.3) is 0 Å². The Morgan fingerprint density at radius 1 is 1.19 bits per heavy atom. The van der Waals surface area contributed by atoms with Gasteiger partial charge in [-0.15, -0.1) is 11.8 Å². The molecule has 7 heteroatoms. The summed E-state index contributed by atoms with van der Waals surface area (Å²) >= 11 is 1.70. The van der Waals surface area contributed by atoms with Gasteiger partial charge in [0.05, 0.1) is 18.4 Å². The number of benzene rings is 1. The number of carbonyl (C=O) groups is 1. The maximum atomic E-state index is 12.0. The smallest absolute Gasteiger partial charge is 0.317 e. The van der Waals surface area contributed by atoms with E-state index in [1.807, 2.05) is 23.4 Å². The van der Waals surface area contributed by atoms with Crippen molar-refractivity contribution in [3.05, 3.63) is 48.3 Å². The molecule has 0 aliphatic carbocycles. The lowest BCUT2D eigenvalue weighted by Gasteiger charge is -2.37. The second-order valence-electron chi connectivity index (χ2n) is 6.66. The highest BCUT2D eigenvalue weighted by Gasteiger charge is 2.31. The normalized spacial score (nSPS) is 20.3. The van der Waals surface area contributed by atoms with E-state index in [-0.39, 0.29) is 12.1 Å². The number of hydrogen-bond donors (Lipinski definition) is 1. The van der Waals surface area contributed by atoms with Gasteiger partial charge >= 0.3 is 6.03 Å². The van der Waals surface area contributed by atoms with Crippen molar-refractivity contribution < 1.29 is 4.79 Å². The van der Waals surface area contributed by atoms with E-state index in [4.69, 9.17) is 4.98 Å². The van der Waals surface area contributed by atoms with Gasteiger partial charge in [0.1, 0.15) is 10.8 Å². The van der Waals surface area contributed by atoms with Crippen molar-refractivity contribution in [1.29, 1.82) is 0 Å². The first-order valence-electron chi connectivity index (χ1n) is 9.08. The lowest BCUT2D eigenvalue weighted by atomic mass is 10.0. The molecule has 26 heavy (non-hydrogen) atoms. The Balaban J connectivity index is 1.41. The fourth-order valence-electron chi connectivity index (χ4n) is 3.54. The third kappa shape index (κ3) is 3.93. The van der Waals surface area contributed by atoms with Crippen LogP contribution in [0, 0.1) is 0 Å². The summed E-state index contributed by atoms with van der Waals surface area (Å²) in [6.45, 7) is 3.35. The third-order valence-electron chi connectivity index (χ3n) is 4.88. The maximum Gasteiger partial charge on any atom is 0.317 e. The van der Waals surface area contributed by atoms with E-state index in [1.54, 1.807) is 11.8 Å². The highest BCUT2D eigenvalue weighted by atomic mass is 32.2. The van der Waals surface area contributed by atoms with E-state index < -0.39 is 0 Å². The molecular weight excluding hydrogens is 346 g/mol. The lowest BCUT2D eigenvalue weighted by Crippen LogP contribution is -2.49. The van der Waals surface area contributed by atoms with E-state index in [9.17, 15) is 4.79 Å². The molecule has 1 unspecified atom stereocenters. The first-order valence-corrected chi connectivity index (χ1v) is 10.1. The van der Waals surface area contributed by atoms with Crippen LogP contribution in [0.1, 0.15) is 18.4 Å². The molecule has 136 valence electrons. The second-order valence-corrected chi connectivity index (χ2v) is 7.65. The summed E-state index contributed by atoms with van der Waals surface area (Å²) < 4.78 is 0. The molecule has 6 nitrogen and oxygen atoms in total. The number of aromatic nitrogens is 2. The van der Waals surface area contributed by atoms with Crippen LogP contribution in [0.3, 0.4) is 0 Å². The minimum atomic E-state index is 0.0649. The average molecular weight is 369 g/mol. The molecular formula is C19H23N5OS. The molecule has 1 N–H and O–H groups in total. The predicted molar refractivity (Wildman–Crippen MR) is 103 cm³/mol. The zero-order valence-electron chi connectivity index (χ0n) is 14.7. The summed E-state index contributed by atoms with van der Waals surface area (Å²) in [5.74, 6) is 1.79. The van der Waals surface area contributed by atoms with Crippen LogP contribution in [0.2, 0.25) is 0 Å². The third-order valence-corrected chi connectivity index (χ3v) is 5.85. The van der Waals surface area contributed by atoms with E-state index in [0.717, 1.165) is 55.6 Å². The number of nitrogens with one attached hydrogen (secondary N) is 1. The Bertz CT molecular complexity index is 757. The Morgan fingerprint density at radius 2 is 2.08 bits per heavy atom. The van der Waals surface area contributed by atoms with Crippen LogP contribution in [0.5, 0.6) is 0 Å². The molecule has 0 radical (unpaired) electrons. The summed E-state index contributed by atoms with van der Waals surface area (Å²) in [7, 11) is 0. The number of thioether (sulfide) groups is 1. The number of amides is 2. The number of rotatable bonds is 5. The highest BCUT2D eigenvalue weighted by Crippen LogP contribution is 2.25. The van der Waals surface area contributed by atoms with Gasteiger partial charge < -0.3 is 15.1 Å². The van der Waals surface area contributed by atoms with Crippen LogP contribution in [0.15, 0.2) is 47.8 Å². The van der Waals surface area contributed by atoms with Crippen LogP contribution in [0.4, 0.5) is 10.6 Å². The summed E-state index contributed by atoms with van der Waals surface area (Å²) in [5.41, 5.74) is 1.28. The molecule has 2 fully saturated rings. The van der Waals surface area contributed by atoms with Gasteiger partial charge in [-0.25, -0.2) is 9.78 Å². The predicted octanol–water partition coefficient (Wildman–Crippen LogP) is 2.76. The first-order chi connectivity index (χ1) is 12.8. The molecule has 2 aromatic rings. The number of nitrogens with zero attached hydrogens (tertiary/aromatic N) is 4. The Labute approximate surface area is 158 Å². The number of piperidine rings is 1. The van der Waals surface area contributed by atoms with E-state index >= 15 is 0 Å². The summed E-state index contributed by atoms with van der Waals surface area (Å²) in [4.78, 5) is 25.4. The van der Waals surface area contributed by atoms with Gasteiger partial charge in [0, 0.05) is 31.9 Å². The van der Waals surface area contributed by atoms with Crippen molar-refractivity contribution in [3.63, 3.8) is 0 Å². The van der Waals surface area contributed by atoms with Gasteiger partial charge in [0.2, 0.25) is 0 Å². The van der Waals surface area contributed by atoms with Crippen LogP contribution in [-0.2, 0) is 5.75 Å². The molecule has 2 saturated heterocycles. The second kappa shape index (κ2) is 7.95. The molecule has 2 amide bonds. The van der Waals surface area contributed by atoms with Gasteiger partial charge in [0.15, 0.2) is 0 Å². The van der Waals surface area contributed by atoms with Gasteiger partial charge in [-0.3, -0.25) is 4.98 Å². The molecule has 1 aromatic heterocycles. The van der Waals surface area contributed by atoms with Crippen molar-refractivity contribution in [3.8, 4) is 0 Å². The Morgan fingerprint density at radius 3 is 2.88 bits per heavy atom. The van der Waals surface area contributed by atoms with Gasteiger partial charge in [-0.1, -0.05) is 30.3 Å². The number of hydrogen-bond acceptors (Lipinski definition) is 5. The monoisotopic (exact) mass is 369 g/mol. The van der Waals surface area contributed by atoms with E-state index in [0.29, 0.717) is 0 Å². The fourth-order valence-corrected chi connectivity index (χ4v) is 4.34. The quantitative estimate of drug-likeness (QED) is 0.821. The summed E-state index contributed by atoms with van der Waals surface area (Å²) in [5, 5.41) is 3.84. The zero-order valence-corrected chi connectivity index (χ0v) is 15.5. The van der Waals surface area contributed by atoms with Crippen molar-refractivity contribution >= 4 is 23.6 Å². The molecule has 1 atom stereocenters. The largest absolute Gasteiger partial charge is 0.353 e. The van der Waals surface area contributed by atoms with Crippen LogP contribution >= 0.6 is 11.8 Å². The molecule has 2 aliphatic heterocycles. The number of urea groups is 1. The van der Waals surface area contributed by atoms with Crippen molar-refractivity contribution in [1.82, 2.24) is 20.2 Å². The molecule has 0 bridgehead atoms. The van der Waals surface area contributed by atoms with E-state index in [2.05, 4.69) is 39.5 Å². The Hall–Kier alpha value is -2.28. The first kappa shape index (κ1) is 17.1. The number of anilines is 1. The lowest BCUT2D eigenvalue weighted by molar-refractivity contribution is 0.189. The average Bonchev–Trinajstić information content (AvgIpc) is 3.13. The minimum absolute atomic E-state index is 0.0649. The molecule has 4 rings (SSSR count). The molecule has 3 heterocycles. The number of carbonyl (C=O) groups excluding carboxylic acids is 1. The van der Waals surface area contributed by atoms with Crippen LogP contribution in [-0.4, -0.2) is 53.1 Å². The standard InChI is InChI=1S/C19H23N5OS/c25-19-21-8-10-24(19)16-7-4-9-23(13-16)17-11-20-12-18(22-17)26-14-15-5-2-1-3-6-15/h1-3,5-6,11-12,16H,4,7-10,13-14H2,(H,21,25). The van der Waals surface area contributed by atoms with Crippen molar-refractivity contribution in [2.45, 2.75) is 29.7 Å².